The molecule has 2 aromatic carbocycles. The Labute approximate surface area is 219 Å². The first-order valence-electron chi connectivity index (χ1n) is 12.1. The average molecular weight is 518 g/mol. The summed E-state index contributed by atoms with van der Waals surface area (Å²) in [6, 6.07) is 9.89. The van der Waals surface area contributed by atoms with Gasteiger partial charge in [-0.3, -0.25) is 4.79 Å². The highest BCUT2D eigenvalue weighted by Gasteiger charge is 2.28. The molecule has 0 saturated carbocycles. The van der Waals surface area contributed by atoms with Gasteiger partial charge in [0.1, 0.15) is 5.75 Å². The van der Waals surface area contributed by atoms with Crippen molar-refractivity contribution in [1.29, 1.82) is 0 Å². The molecule has 1 heterocycles. The highest BCUT2D eigenvalue weighted by Crippen LogP contribution is 2.38. The molecule has 8 nitrogen and oxygen atoms in total. The largest absolute Gasteiger partial charge is 0.493 e. The molecule has 2 aliphatic rings. The van der Waals surface area contributed by atoms with Crippen LogP contribution in [0.25, 0.3) is 0 Å². The van der Waals surface area contributed by atoms with Crippen molar-refractivity contribution in [3.05, 3.63) is 52.6 Å². The molecule has 2 aromatic rings. The number of carbonyl (C=O) groups is 2. The molecule has 1 aliphatic carbocycles. The zero-order valence-electron chi connectivity index (χ0n) is 21.5. The number of amides is 2. The van der Waals surface area contributed by atoms with E-state index >= 15 is 0 Å². The summed E-state index contributed by atoms with van der Waals surface area (Å²) in [5.74, 6) is 2.60. The number of ether oxygens (including phenoxy) is 3. The fourth-order valence-corrected chi connectivity index (χ4v) is 4.98. The van der Waals surface area contributed by atoms with E-state index in [0.717, 1.165) is 50.4 Å². The van der Waals surface area contributed by atoms with E-state index in [-0.39, 0.29) is 18.3 Å². The van der Waals surface area contributed by atoms with Gasteiger partial charge < -0.3 is 29.3 Å². The molecule has 9 heteroatoms. The number of hydrogen-bond donors (Lipinski definition) is 1. The third-order valence-electron chi connectivity index (χ3n) is 7.04. The van der Waals surface area contributed by atoms with Crippen LogP contribution in [0.4, 0.5) is 4.79 Å². The van der Waals surface area contributed by atoms with Crippen LogP contribution in [0.15, 0.2) is 30.3 Å². The zero-order valence-corrected chi connectivity index (χ0v) is 22.3. The van der Waals surface area contributed by atoms with Gasteiger partial charge in [-0.2, -0.15) is 0 Å². The lowest BCUT2D eigenvalue weighted by Gasteiger charge is -2.34. The van der Waals surface area contributed by atoms with Gasteiger partial charge in [0, 0.05) is 45.6 Å². The van der Waals surface area contributed by atoms with Gasteiger partial charge in [0.2, 0.25) is 5.91 Å². The quantitative estimate of drug-likeness (QED) is 0.578. The van der Waals surface area contributed by atoms with Crippen molar-refractivity contribution in [1.82, 2.24) is 15.1 Å². The van der Waals surface area contributed by atoms with Crippen LogP contribution in [0.1, 0.15) is 34.6 Å². The van der Waals surface area contributed by atoms with Gasteiger partial charge in [-0.15, -0.1) is 12.4 Å². The first-order valence-corrected chi connectivity index (χ1v) is 12.1. The Hall–Kier alpha value is -2.97. The zero-order chi connectivity index (χ0) is 24.9. The Morgan fingerprint density at radius 1 is 1.03 bits per heavy atom. The minimum absolute atomic E-state index is 0. The van der Waals surface area contributed by atoms with Crippen LogP contribution in [0.2, 0.25) is 0 Å². The Kier molecular flexibility index (Phi) is 9.45. The molecule has 0 saturated heterocycles. The predicted octanol–water partition coefficient (Wildman–Crippen LogP) is 3.43. The number of nitrogens with zero attached hydrogens (tertiary/aromatic N) is 2. The van der Waals surface area contributed by atoms with Crippen molar-refractivity contribution in [2.24, 2.45) is 0 Å². The summed E-state index contributed by atoms with van der Waals surface area (Å²) >= 11 is 0. The number of benzene rings is 2. The lowest BCUT2D eigenvalue weighted by molar-refractivity contribution is -0.131. The van der Waals surface area contributed by atoms with Gasteiger partial charge in [-0.05, 0) is 72.8 Å². The summed E-state index contributed by atoms with van der Waals surface area (Å²) < 4.78 is 16.1. The van der Waals surface area contributed by atoms with E-state index in [4.69, 9.17) is 14.2 Å². The normalized spacial score (nSPS) is 16.0. The van der Waals surface area contributed by atoms with E-state index in [1.165, 1.54) is 22.3 Å². The smallest absolute Gasteiger partial charge is 0.412 e. The van der Waals surface area contributed by atoms with Crippen LogP contribution >= 0.6 is 12.4 Å². The van der Waals surface area contributed by atoms with Gasteiger partial charge >= 0.3 is 6.09 Å². The second-order valence-electron chi connectivity index (χ2n) is 9.27. The molecule has 0 aromatic heterocycles. The first kappa shape index (κ1) is 27.6. The van der Waals surface area contributed by atoms with Crippen molar-refractivity contribution < 1.29 is 23.8 Å². The van der Waals surface area contributed by atoms with Crippen molar-refractivity contribution in [2.45, 2.75) is 31.6 Å². The molecule has 2 amide bonds. The predicted molar refractivity (Wildman–Crippen MR) is 141 cm³/mol. The summed E-state index contributed by atoms with van der Waals surface area (Å²) in [6.07, 6.45) is 2.67. The Morgan fingerprint density at radius 3 is 2.25 bits per heavy atom. The van der Waals surface area contributed by atoms with Gasteiger partial charge in [0.05, 0.1) is 14.2 Å². The van der Waals surface area contributed by atoms with Crippen molar-refractivity contribution in [3.63, 3.8) is 0 Å². The van der Waals surface area contributed by atoms with Crippen molar-refractivity contribution >= 4 is 24.4 Å². The summed E-state index contributed by atoms with van der Waals surface area (Å²) in [5, 5.41) is 2.47. The number of fused-ring (bicyclic) bond motifs is 2. The van der Waals surface area contributed by atoms with Crippen molar-refractivity contribution in [2.75, 3.05) is 54.5 Å². The monoisotopic (exact) mass is 517 g/mol. The molecule has 1 atom stereocenters. The van der Waals surface area contributed by atoms with E-state index in [1.807, 2.05) is 35.2 Å². The number of rotatable bonds is 8. The summed E-state index contributed by atoms with van der Waals surface area (Å²) in [4.78, 5) is 28.7. The molecular formula is C27H36ClN3O5. The van der Waals surface area contributed by atoms with Crippen LogP contribution in [0.3, 0.4) is 0 Å². The molecule has 0 bridgehead atoms. The highest BCUT2D eigenvalue weighted by atomic mass is 35.5. The topological polar surface area (TPSA) is 80.3 Å². The molecule has 0 fully saturated rings. The molecule has 0 radical (unpaired) electrons. The van der Waals surface area contributed by atoms with Gasteiger partial charge in [-0.1, -0.05) is 6.07 Å². The first-order chi connectivity index (χ1) is 16.9. The summed E-state index contributed by atoms with van der Waals surface area (Å²) in [5.41, 5.74) is 4.96. The average Bonchev–Trinajstić information content (AvgIpc) is 3.07. The fourth-order valence-electron chi connectivity index (χ4n) is 4.98. The van der Waals surface area contributed by atoms with E-state index in [2.05, 4.69) is 17.3 Å². The minimum atomic E-state index is -0.466. The highest BCUT2D eigenvalue weighted by molar-refractivity contribution is 5.85. The maximum Gasteiger partial charge on any atom is 0.412 e. The molecule has 1 aliphatic heterocycles. The summed E-state index contributed by atoms with van der Waals surface area (Å²) in [7, 11) is 6.90. The number of likely N-dealkylation sites (N-methyl/N-ethyl adjacent to an activating group) is 1. The Balaban J connectivity index is 0.00000361. The minimum Gasteiger partial charge on any atom is -0.493 e. The molecule has 1 N–H and O–H groups in total. The number of carbonyl (C=O) groups excluding carboxylic acids is 2. The van der Waals surface area contributed by atoms with Crippen LogP contribution in [-0.2, 0) is 24.1 Å². The van der Waals surface area contributed by atoms with E-state index in [9.17, 15) is 9.59 Å². The Bertz CT molecular complexity index is 1060. The molecule has 1 unspecified atom stereocenters. The third-order valence-corrected chi connectivity index (χ3v) is 7.04. The molecular weight excluding hydrogens is 482 g/mol. The maximum atomic E-state index is 13.0. The standard InChI is InChI=1S/C27H35N3O5.ClH/c1-28-27(32)35-22-6-5-20-13-21(23(20)16-22)17-29(2)10-9-26(31)30-11-7-18-14-24(33-3)25(34-4)15-19(18)8-12-30;/h5-6,14-16,21H,7-13,17H2,1-4H3,(H,28,32);1H. The SMILES string of the molecule is CNC(=O)Oc1ccc2c(c1)C(CN(C)CCC(=O)N1CCc3cc(OC)c(OC)cc3CC1)C2.Cl. The van der Waals surface area contributed by atoms with Gasteiger partial charge in [0.25, 0.3) is 0 Å². The van der Waals surface area contributed by atoms with Crippen LogP contribution in [0, 0.1) is 0 Å². The Morgan fingerprint density at radius 2 is 1.67 bits per heavy atom. The molecule has 0 spiro atoms. The molecule has 4 rings (SSSR count). The molecule has 36 heavy (non-hydrogen) atoms. The lowest BCUT2D eigenvalue weighted by Crippen LogP contribution is -2.37. The number of halogens is 1. The second kappa shape index (κ2) is 12.3. The van der Waals surface area contributed by atoms with Crippen molar-refractivity contribution in [3.8, 4) is 17.2 Å². The fraction of sp³-hybridized carbons (Fsp3) is 0.481. The van der Waals surface area contributed by atoms with Crippen LogP contribution in [-0.4, -0.2) is 76.3 Å². The second-order valence-corrected chi connectivity index (χ2v) is 9.27. The van der Waals surface area contributed by atoms with E-state index in [0.29, 0.717) is 24.6 Å². The van der Waals surface area contributed by atoms with E-state index < -0.39 is 6.09 Å². The maximum absolute atomic E-state index is 13.0. The van der Waals surface area contributed by atoms with Crippen LogP contribution < -0.4 is 19.5 Å². The number of methoxy groups -OCH3 is 2. The number of hydrogen-bond acceptors (Lipinski definition) is 6. The van der Waals surface area contributed by atoms with Crippen LogP contribution in [0.5, 0.6) is 17.2 Å². The number of nitrogens with one attached hydrogen (secondary N) is 1. The molecule has 196 valence electrons. The van der Waals surface area contributed by atoms with E-state index in [1.54, 1.807) is 21.3 Å². The summed E-state index contributed by atoms with van der Waals surface area (Å²) in [6.45, 7) is 3.02. The lowest BCUT2D eigenvalue weighted by atomic mass is 9.77. The van der Waals surface area contributed by atoms with Gasteiger partial charge in [-0.25, -0.2) is 4.79 Å². The van der Waals surface area contributed by atoms with Gasteiger partial charge in [0.15, 0.2) is 11.5 Å². The third kappa shape index (κ3) is 6.23.